The number of anilines is 2. The van der Waals surface area contributed by atoms with Gasteiger partial charge in [-0.05, 0) is 26.0 Å². The zero-order valence-corrected chi connectivity index (χ0v) is 16.4. The largest absolute Gasteiger partial charge is 0.362 e. The maximum Gasteiger partial charge on any atom is 0.311 e. The number of hydrogen-bond donors (Lipinski definition) is 0. The monoisotopic (exact) mass is 396 g/mol. The number of hydrogen-bond acceptors (Lipinski definition) is 8. The van der Waals surface area contributed by atoms with E-state index in [0.29, 0.717) is 31.9 Å². The predicted octanol–water partition coefficient (Wildman–Crippen LogP) is 2.40. The predicted molar refractivity (Wildman–Crippen MR) is 102 cm³/mol. The van der Waals surface area contributed by atoms with Gasteiger partial charge in [0.05, 0.1) is 10.6 Å². The molecule has 140 valence electrons. The summed E-state index contributed by atoms with van der Waals surface area (Å²) in [6, 6.07) is 4.45. The van der Waals surface area contributed by atoms with Crippen LogP contribution in [0.15, 0.2) is 23.1 Å². The molecule has 26 heavy (non-hydrogen) atoms. The first-order valence-electron chi connectivity index (χ1n) is 8.10. The Balaban J connectivity index is 1.87. The van der Waals surface area contributed by atoms with E-state index in [1.165, 1.54) is 10.9 Å². The minimum absolute atomic E-state index is 0.242. The van der Waals surface area contributed by atoms with Gasteiger partial charge in [0.1, 0.15) is 10.6 Å². The highest BCUT2D eigenvalue weighted by atomic mass is 32.2. The van der Waals surface area contributed by atoms with E-state index in [9.17, 15) is 18.5 Å². The van der Waals surface area contributed by atoms with Crippen LogP contribution in [0.25, 0.3) is 0 Å². The van der Waals surface area contributed by atoms with Gasteiger partial charge in [-0.2, -0.15) is 0 Å². The highest BCUT2D eigenvalue weighted by Gasteiger charge is 2.30. The number of nitrogens with zero attached hydrogens (tertiary/aromatic N) is 4. The summed E-state index contributed by atoms with van der Waals surface area (Å²) in [6.07, 6.45) is 0.990. The van der Waals surface area contributed by atoms with Gasteiger partial charge in [-0.3, -0.25) is 10.1 Å². The maximum atomic E-state index is 11.9. The smallest absolute Gasteiger partial charge is 0.311 e. The van der Waals surface area contributed by atoms with E-state index in [1.54, 1.807) is 23.5 Å². The molecule has 1 aromatic heterocycles. The van der Waals surface area contributed by atoms with Gasteiger partial charge in [-0.1, -0.05) is 6.07 Å². The number of piperazine rings is 1. The highest BCUT2D eigenvalue weighted by molar-refractivity contribution is 7.90. The van der Waals surface area contributed by atoms with Gasteiger partial charge in [0.25, 0.3) is 0 Å². The van der Waals surface area contributed by atoms with E-state index in [2.05, 4.69) is 9.88 Å². The van der Waals surface area contributed by atoms with E-state index in [0.717, 1.165) is 17.1 Å². The Morgan fingerprint density at radius 2 is 1.77 bits per heavy atom. The standard InChI is InChI=1S/C16H20N4O4S2/c1-11-12(2)25-16(17-11)19-9-7-18(8-10-19)13-5-4-6-14(26(3,23)24)15(13)20(21)22/h4-6H,7-10H2,1-3H3. The second-order valence-electron chi connectivity index (χ2n) is 6.27. The zero-order valence-electron chi connectivity index (χ0n) is 14.8. The first-order chi connectivity index (χ1) is 12.2. The van der Waals surface area contributed by atoms with Crippen molar-refractivity contribution >= 4 is 37.7 Å². The van der Waals surface area contributed by atoms with Crippen LogP contribution in [0, 0.1) is 24.0 Å². The van der Waals surface area contributed by atoms with Gasteiger partial charge < -0.3 is 9.80 Å². The Morgan fingerprint density at radius 1 is 1.15 bits per heavy atom. The first-order valence-corrected chi connectivity index (χ1v) is 10.8. The number of para-hydroxylation sites is 1. The Bertz CT molecular complexity index is 928. The SMILES string of the molecule is Cc1nc(N2CCN(c3cccc(S(C)(=O)=O)c3[N+](=O)[O-])CC2)sc1C. The van der Waals surface area contributed by atoms with E-state index < -0.39 is 14.8 Å². The van der Waals surface area contributed by atoms with Crippen molar-refractivity contribution in [2.45, 2.75) is 18.7 Å². The number of aryl methyl sites for hydroxylation is 2. The molecule has 1 fully saturated rings. The summed E-state index contributed by atoms with van der Waals surface area (Å²) in [5.74, 6) is 0. The molecule has 1 aliphatic rings. The number of rotatable bonds is 4. The Labute approximate surface area is 156 Å². The second kappa shape index (κ2) is 6.84. The first kappa shape index (κ1) is 18.6. The van der Waals surface area contributed by atoms with E-state index >= 15 is 0 Å². The van der Waals surface area contributed by atoms with Crippen LogP contribution in [-0.2, 0) is 9.84 Å². The molecule has 0 atom stereocenters. The summed E-state index contributed by atoms with van der Waals surface area (Å²) in [4.78, 5) is 20.5. The molecule has 0 aliphatic carbocycles. The summed E-state index contributed by atoms with van der Waals surface area (Å²) in [7, 11) is -3.68. The number of thiazole rings is 1. The quantitative estimate of drug-likeness (QED) is 0.578. The summed E-state index contributed by atoms with van der Waals surface area (Å²) in [6.45, 7) is 6.48. The average molecular weight is 396 g/mol. The van der Waals surface area contributed by atoms with Crippen LogP contribution in [0.4, 0.5) is 16.5 Å². The van der Waals surface area contributed by atoms with E-state index in [4.69, 9.17) is 0 Å². The van der Waals surface area contributed by atoms with Crippen molar-refractivity contribution in [3.8, 4) is 0 Å². The van der Waals surface area contributed by atoms with Gasteiger partial charge in [0.15, 0.2) is 15.0 Å². The lowest BCUT2D eigenvalue weighted by Gasteiger charge is -2.35. The highest BCUT2D eigenvalue weighted by Crippen LogP contribution is 2.35. The molecule has 3 rings (SSSR count). The van der Waals surface area contributed by atoms with Crippen molar-refractivity contribution in [3.63, 3.8) is 0 Å². The van der Waals surface area contributed by atoms with Crippen LogP contribution in [-0.4, -0.2) is 50.8 Å². The topological polar surface area (TPSA) is 96.7 Å². The molecule has 0 amide bonds. The number of sulfone groups is 1. The van der Waals surface area contributed by atoms with Crippen LogP contribution in [0.1, 0.15) is 10.6 Å². The van der Waals surface area contributed by atoms with Gasteiger partial charge in [0, 0.05) is 37.3 Å². The third kappa shape index (κ3) is 3.51. The van der Waals surface area contributed by atoms with Crippen LogP contribution in [0.3, 0.4) is 0 Å². The van der Waals surface area contributed by atoms with Crippen molar-refractivity contribution in [3.05, 3.63) is 38.9 Å². The molecule has 0 bridgehead atoms. The normalized spacial score (nSPS) is 15.3. The molecule has 0 spiro atoms. The number of aromatic nitrogens is 1. The molecule has 0 saturated carbocycles. The van der Waals surface area contributed by atoms with Gasteiger partial charge in [-0.15, -0.1) is 11.3 Å². The molecule has 1 aliphatic heterocycles. The Hall–Kier alpha value is -2.20. The minimum atomic E-state index is -3.68. The lowest BCUT2D eigenvalue weighted by atomic mass is 10.2. The fourth-order valence-corrected chi connectivity index (χ4v) is 4.80. The summed E-state index contributed by atoms with van der Waals surface area (Å²) < 4.78 is 23.9. The fraction of sp³-hybridized carbons (Fsp3) is 0.438. The Kier molecular flexibility index (Phi) is 4.89. The van der Waals surface area contributed by atoms with Crippen molar-refractivity contribution < 1.29 is 13.3 Å². The summed E-state index contributed by atoms with van der Waals surface area (Å²) >= 11 is 1.64. The van der Waals surface area contributed by atoms with Crippen LogP contribution < -0.4 is 9.80 Å². The molecule has 8 nitrogen and oxygen atoms in total. The molecule has 2 heterocycles. The lowest BCUT2D eigenvalue weighted by molar-refractivity contribution is -0.387. The second-order valence-corrected chi connectivity index (χ2v) is 9.43. The molecule has 10 heteroatoms. The lowest BCUT2D eigenvalue weighted by Crippen LogP contribution is -2.46. The fourth-order valence-electron chi connectivity index (χ4n) is 2.98. The molecular formula is C16H20N4O4S2. The summed E-state index contributed by atoms with van der Waals surface area (Å²) in [5, 5.41) is 12.5. The zero-order chi connectivity index (χ0) is 19.1. The molecule has 2 aromatic rings. The van der Waals surface area contributed by atoms with Crippen LogP contribution in [0.5, 0.6) is 0 Å². The third-order valence-electron chi connectivity index (χ3n) is 4.47. The summed E-state index contributed by atoms with van der Waals surface area (Å²) in [5.41, 5.74) is 1.03. The average Bonchev–Trinajstić information content (AvgIpc) is 2.92. The van der Waals surface area contributed by atoms with Crippen molar-refractivity contribution in [2.24, 2.45) is 0 Å². The van der Waals surface area contributed by atoms with Gasteiger partial charge in [0.2, 0.25) is 0 Å². The molecule has 1 aromatic carbocycles. The van der Waals surface area contributed by atoms with Gasteiger partial charge >= 0.3 is 5.69 Å². The number of benzene rings is 1. The van der Waals surface area contributed by atoms with Crippen molar-refractivity contribution in [1.82, 2.24) is 4.98 Å². The van der Waals surface area contributed by atoms with Crippen LogP contribution in [0.2, 0.25) is 0 Å². The molecule has 1 saturated heterocycles. The third-order valence-corrected chi connectivity index (χ3v) is 6.73. The van der Waals surface area contributed by atoms with Crippen molar-refractivity contribution in [1.29, 1.82) is 0 Å². The molecule has 0 radical (unpaired) electrons. The number of nitro benzene ring substituents is 1. The minimum Gasteiger partial charge on any atom is -0.362 e. The number of nitro groups is 1. The van der Waals surface area contributed by atoms with Crippen LogP contribution >= 0.6 is 11.3 Å². The van der Waals surface area contributed by atoms with E-state index in [-0.39, 0.29) is 10.6 Å². The molecular weight excluding hydrogens is 376 g/mol. The van der Waals surface area contributed by atoms with Crippen molar-refractivity contribution in [2.75, 3.05) is 42.2 Å². The Morgan fingerprint density at radius 3 is 2.27 bits per heavy atom. The van der Waals surface area contributed by atoms with E-state index in [1.807, 2.05) is 18.7 Å². The van der Waals surface area contributed by atoms with Gasteiger partial charge in [-0.25, -0.2) is 13.4 Å². The molecule has 0 N–H and O–H groups in total. The molecule has 0 unspecified atom stereocenters. The maximum absolute atomic E-state index is 11.9.